The summed E-state index contributed by atoms with van der Waals surface area (Å²) >= 11 is 0. The van der Waals surface area contributed by atoms with Crippen LogP contribution in [0.4, 0.5) is 0 Å². The number of rotatable bonds is 7. The van der Waals surface area contributed by atoms with E-state index in [4.69, 9.17) is 10.5 Å². The molecule has 108 valence electrons. The maximum atomic E-state index is 11.7. The van der Waals surface area contributed by atoms with Crippen LogP contribution in [0.3, 0.4) is 0 Å². The van der Waals surface area contributed by atoms with E-state index in [0.29, 0.717) is 6.54 Å². The second kappa shape index (κ2) is 6.91. The second-order valence-electron chi connectivity index (χ2n) is 4.87. The fourth-order valence-corrected chi connectivity index (χ4v) is 2.55. The minimum atomic E-state index is -3.06. The van der Waals surface area contributed by atoms with Gasteiger partial charge in [-0.15, -0.1) is 0 Å². The normalized spacial score (nSPS) is 11.8. The second-order valence-corrected chi connectivity index (χ2v) is 7.54. The van der Waals surface area contributed by atoms with Crippen LogP contribution < -0.4 is 10.5 Å². The third-order valence-electron chi connectivity index (χ3n) is 3.04. The summed E-state index contributed by atoms with van der Waals surface area (Å²) in [5.41, 5.74) is 7.60. The molecule has 1 aromatic rings. The van der Waals surface area contributed by atoms with Crippen molar-refractivity contribution in [1.29, 1.82) is 0 Å². The molecule has 0 aliphatic carbocycles. The van der Waals surface area contributed by atoms with Gasteiger partial charge in [0.2, 0.25) is 0 Å². The van der Waals surface area contributed by atoms with Gasteiger partial charge in [-0.2, -0.15) is 0 Å². The summed E-state index contributed by atoms with van der Waals surface area (Å²) in [6.07, 6.45) is 0.730. The van der Waals surface area contributed by atoms with Crippen LogP contribution in [0, 0.1) is 6.92 Å². The van der Waals surface area contributed by atoms with Gasteiger partial charge in [0.05, 0.1) is 11.0 Å². The van der Waals surface area contributed by atoms with Crippen LogP contribution in [-0.4, -0.2) is 32.6 Å². The average Bonchev–Trinajstić information content (AvgIpc) is 2.32. The third kappa shape index (κ3) is 4.51. The molecule has 0 heterocycles. The van der Waals surface area contributed by atoms with E-state index in [-0.39, 0.29) is 17.6 Å². The molecule has 0 unspecified atom stereocenters. The molecule has 0 bridgehead atoms. The number of benzene rings is 1. The van der Waals surface area contributed by atoms with Crippen LogP contribution in [0.2, 0.25) is 0 Å². The van der Waals surface area contributed by atoms with E-state index in [0.717, 1.165) is 23.3 Å². The molecule has 4 nitrogen and oxygen atoms in total. The van der Waals surface area contributed by atoms with Crippen LogP contribution in [0.15, 0.2) is 18.2 Å². The molecule has 0 fully saturated rings. The number of hydrogen-bond acceptors (Lipinski definition) is 4. The molecule has 0 saturated heterocycles. The number of para-hydroxylation sites is 1. The van der Waals surface area contributed by atoms with E-state index in [1.807, 2.05) is 25.1 Å². The molecule has 0 aliphatic rings. The molecule has 19 heavy (non-hydrogen) atoms. The minimum absolute atomic E-state index is 0.0427. The van der Waals surface area contributed by atoms with Gasteiger partial charge in [-0.25, -0.2) is 8.42 Å². The van der Waals surface area contributed by atoms with Crippen molar-refractivity contribution >= 4 is 9.84 Å². The highest BCUT2D eigenvalue weighted by molar-refractivity contribution is 7.91. The van der Waals surface area contributed by atoms with E-state index in [1.54, 1.807) is 13.8 Å². The number of sulfone groups is 1. The van der Waals surface area contributed by atoms with Crippen molar-refractivity contribution in [2.45, 2.75) is 32.4 Å². The van der Waals surface area contributed by atoms with Crippen LogP contribution in [0.5, 0.6) is 5.75 Å². The van der Waals surface area contributed by atoms with Crippen molar-refractivity contribution in [1.82, 2.24) is 0 Å². The van der Waals surface area contributed by atoms with Gasteiger partial charge >= 0.3 is 0 Å². The maximum Gasteiger partial charge on any atom is 0.155 e. The van der Waals surface area contributed by atoms with Crippen LogP contribution >= 0.6 is 0 Å². The predicted octanol–water partition coefficient (Wildman–Crippen LogP) is 1.70. The summed E-state index contributed by atoms with van der Waals surface area (Å²) in [6, 6.07) is 5.87. The molecule has 2 N–H and O–H groups in total. The van der Waals surface area contributed by atoms with Gasteiger partial charge < -0.3 is 10.5 Å². The standard InChI is InChI=1S/C14H23NO3S/c1-11(2)19(16,17)10-9-18-14-12(3)5-4-6-13(14)7-8-15/h4-6,11H,7-10,15H2,1-3H3. The monoisotopic (exact) mass is 285 g/mol. The highest BCUT2D eigenvalue weighted by Crippen LogP contribution is 2.23. The molecule has 0 aromatic heterocycles. The molecular weight excluding hydrogens is 262 g/mol. The van der Waals surface area contributed by atoms with Gasteiger partial charge in [0.25, 0.3) is 0 Å². The number of nitrogens with two attached hydrogens (primary N) is 1. The first-order valence-electron chi connectivity index (χ1n) is 6.51. The average molecular weight is 285 g/mol. The third-order valence-corrected chi connectivity index (χ3v) is 5.21. The van der Waals surface area contributed by atoms with Crippen molar-refractivity contribution in [2.24, 2.45) is 5.73 Å². The maximum absolute atomic E-state index is 11.7. The summed E-state index contributed by atoms with van der Waals surface area (Å²) in [4.78, 5) is 0. The first-order valence-corrected chi connectivity index (χ1v) is 8.23. The molecule has 5 heteroatoms. The van der Waals surface area contributed by atoms with Gasteiger partial charge in [0.15, 0.2) is 9.84 Å². The molecule has 0 aliphatic heterocycles. The van der Waals surface area contributed by atoms with Crippen molar-refractivity contribution < 1.29 is 13.2 Å². The van der Waals surface area contributed by atoms with Crippen molar-refractivity contribution in [3.8, 4) is 5.75 Å². The van der Waals surface area contributed by atoms with E-state index in [2.05, 4.69) is 0 Å². The summed E-state index contributed by atoms with van der Waals surface area (Å²) in [5, 5.41) is -0.364. The molecular formula is C14H23NO3S. The summed E-state index contributed by atoms with van der Waals surface area (Å²) < 4.78 is 29.1. The SMILES string of the molecule is Cc1cccc(CCN)c1OCCS(=O)(=O)C(C)C. The van der Waals surface area contributed by atoms with Crippen molar-refractivity contribution in [2.75, 3.05) is 18.9 Å². The first-order chi connectivity index (χ1) is 8.88. The lowest BCUT2D eigenvalue weighted by molar-refractivity contribution is 0.334. The molecule has 0 atom stereocenters. The predicted molar refractivity (Wildman–Crippen MR) is 78.4 cm³/mol. The zero-order valence-corrected chi connectivity index (χ0v) is 12.7. The molecule has 1 rings (SSSR count). The van der Waals surface area contributed by atoms with Crippen molar-refractivity contribution in [3.63, 3.8) is 0 Å². The quantitative estimate of drug-likeness (QED) is 0.828. The Bertz CT molecular complexity index is 509. The number of aryl methyl sites for hydroxylation is 1. The number of ether oxygens (including phenoxy) is 1. The van der Waals surface area contributed by atoms with Gasteiger partial charge in [-0.05, 0) is 44.9 Å². The Morgan fingerprint density at radius 1 is 1.32 bits per heavy atom. The Morgan fingerprint density at radius 3 is 2.58 bits per heavy atom. The smallest absolute Gasteiger partial charge is 0.155 e. The van der Waals surface area contributed by atoms with Crippen molar-refractivity contribution in [3.05, 3.63) is 29.3 Å². The Hall–Kier alpha value is -1.07. The molecule has 0 spiro atoms. The Kier molecular flexibility index (Phi) is 5.82. The van der Waals surface area contributed by atoms with E-state index >= 15 is 0 Å². The molecule has 0 saturated carbocycles. The Balaban J connectivity index is 2.73. The summed E-state index contributed by atoms with van der Waals surface area (Å²) in [5.74, 6) is 0.813. The first kappa shape index (κ1) is 16.0. The van der Waals surface area contributed by atoms with Crippen LogP contribution in [0.1, 0.15) is 25.0 Å². The highest BCUT2D eigenvalue weighted by Gasteiger charge is 2.16. The molecule has 0 amide bonds. The van der Waals surface area contributed by atoms with Gasteiger partial charge in [-0.1, -0.05) is 18.2 Å². The Labute approximate surface area is 115 Å². The Morgan fingerprint density at radius 2 is 2.00 bits per heavy atom. The van der Waals surface area contributed by atoms with E-state index in [1.165, 1.54) is 0 Å². The molecule has 1 aromatic carbocycles. The van der Waals surface area contributed by atoms with Crippen LogP contribution in [-0.2, 0) is 16.3 Å². The van der Waals surface area contributed by atoms with Gasteiger partial charge in [0.1, 0.15) is 12.4 Å². The zero-order valence-electron chi connectivity index (χ0n) is 11.8. The molecule has 0 radical (unpaired) electrons. The zero-order chi connectivity index (χ0) is 14.5. The van der Waals surface area contributed by atoms with E-state index in [9.17, 15) is 8.42 Å². The fourth-order valence-electron chi connectivity index (χ4n) is 1.77. The summed E-state index contributed by atoms with van der Waals surface area (Å²) in [7, 11) is -3.06. The van der Waals surface area contributed by atoms with Gasteiger partial charge in [0, 0.05) is 0 Å². The van der Waals surface area contributed by atoms with Crippen LogP contribution in [0.25, 0.3) is 0 Å². The highest BCUT2D eigenvalue weighted by atomic mass is 32.2. The fraction of sp³-hybridized carbons (Fsp3) is 0.571. The number of hydrogen-bond donors (Lipinski definition) is 1. The summed E-state index contributed by atoms with van der Waals surface area (Å²) in [6.45, 7) is 6.05. The van der Waals surface area contributed by atoms with Gasteiger partial charge in [-0.3, -0.25) is 0 Å². The lowest BCUT2D eigenvalue weighted by Gasteiger charge is -2.14. The topological polar surface area (TPSA) is 69.4 Å². The largest absolute Gasteiger partial charge is 0.492 e. The lowest BCUT2D eigenvalue weighted by atomic mass is 10.1. The lowest BCUT2D eigenvalue weighted by Crippen LogP contribution is -2.22. The minimum Gasteiger partial charge on any atom is -0.492 e. The van der Waals surface area contributed by atoms with E-state index < -0.39 is 9.84 Å².